The summed E-state index contributed by atoms with van der Waals surface area (Å²) in [5, 5.41) is 2.29. The Morgan fingerprint density at radius 1 is 0.844 bits per heavy atom. The standard InChI is InChI=1S/C25H22BrN3O3/c1-14-9-15(2)11-21(10-14)29-24(31)22(23(30)27-25(29)32)13-18-12-16(3)28(17(18)4)20-7-5-19(26)6-8-20/h5-13H,1-4H3,(H,27,30,32)/b22-13-. The van der Waals surface area contributed by atoms with E-state index in [1.54, 1.807) is 18.2 Å². The quantitative estimate of drug-likeness (QED) is 0.407. The van der Waals surface area contributed by atoms with Crippen molar-refractivity contribution in [3.8, 4) is 5.69 Å². The van der Waals surface area contributed by atoms with Crippen molar-refractivity contribution >= 4 is 45.5 Å². The van der Waals surface area contributed by atoms with E-state index in [9.17, 15) is 14.4 Å². The highest BCUT2D eigenvalue weighted by atomic mass is 79.9. The molecular formula is C25H22BrN3O3. The van der Waals surface area contributed by atoms with Gasteiger partial charge in [0.2, 0.25) is 0 Å². The number of nitrogens with zero attached hydrogens (tertiary/aromatic N) is 2. The van der Waals surface area contributed by atoms with Gasteiger partial charge in [-0.2, -0.15) is 0 Å². The molecule has 4 amide bonds. The fourth-order valence-corrected chi connectivity index (χ4v) is 4.31. The minimum absolute atomic E-state index is 0.0835. The van der Waals surface area contributed by atoms with Gasteiger partial charge in [0.15, 0.2) is 0 Å². The number of anilines is 1. The summed E-state index contributed by atoms with van der Waals surface area (Å²) in [5.74, 6) is -1.34. The third-order valence-electron chi connectivity index (χ3n) is 5.42. The molecule has 1 saturated heterocycles. The summed E-state index contributed by atoms with van der Waals surface area (Å²) >= 11 is 3.44. The molecular weight excluding hydrogens is 470 g/mol. The number of barbiturate groups is 1. The van der Waals surface area contributed by atoms with Gasteiger partial charge in [0.25, 0.3) is 11.8 Å². The Morgan fingerprint density at radius 3 is 2.09 bits per heavy atom. The predicted octanol–water partition coefficient (Wildman–Crippen LogP) is 5.14. The van der Waals surface area contributed by atoms with Crippen molar-refractivity contribution in [2.24, 2.45) is 0 Å². The van der Waals surface area contributed by atoms with E-state index in [4.69, 9.17) is 0 Å². The summed E-state index contributed by atoms with van der Waals surface area (Å²) in [6.45, 7) is 7.67. The van der Waals surface area contributed by atoms with E-state index in [0.29, 0.717) is 5.69 Å². The second-order valence-electron chi connectivity index (χ2n) is 7.94. The number of halogens is 1. The van der Waals surface area contributed by atoms with Gasteiger partial charge in [0.1, 0.15) is 5.57 Å². The number of aromatic nitrogens is 1. The Morgan fingerprint density at radius 2 is 1.47 bits per heavy atom. The Balaban J connectivity index is 1.77. The molecule has 0 radical (unpaired) electrons. The van der Waals surface area contributed by atoms with Crippen LogP contribution >= 0.6 is 15.9 Å². The van der Waals surface area contributed by atoms with Crippen molar-refractivity contribution in [3.05, 3.63) is 86.7 Å². The zero-order valence-corrected chi connectivity index (χ0v) is 19.8. The molecule has 0 unspecified atom stereocenters. The van der Waals surface area contributed by atoms with Crippen LogP contribution in [-0.4, -0.2) is 22.4 Å². The van der Waals surface area contributed by atoms with Crippen molar-refractivity contribution in [3.63, 3.8) is 0 Å². The van der Waals surface area contributed by atoms with Gasteiger partial charge in [-0.3, -0.25) is 14.9 Å². The first kappa shape index (κ1) is 21.8. The molecule has 4 rings (SSSR count). The zero-order chi connectivity index (χ0) is 23.2. The molecule has 32 heavy (non-hydrogen) atoms. The molecule has 0 bridgehead atoms. The Hall–Kier alpha value is -3.45. The summed E-state index contributed by atoms with van der Waals surface area (Å²) in [6, 6.07) is 14.5. The van der Waals surface area contributed by atoms with Crippen LogP contribution in [-0.2, 0) is 9.59 Å². The zero-order valence-electron chi connectivity index (χ0n) is 18.2. The topological polar surface area (TPSA) is 71.4 Å². The van der Waals surface area contributed by atoms with Crippen LogP contribution in [0.25, 0.3) is 11.8 Å². The lowest BCUT2D eigenvalue weighted by Crippen LogP contribution is -2.54. The van der Waals surface area contributed by atoms with Gasteiger partial charge in [-0.1, -0.05) is 22.0 Å². The molecule has 0 atom stereocenters. The summed E-state index contributed by atoms with van der Waals surface area (Å²) in [6.07, 6.45) is 1.55. The maximum Gasteiger partial charge on any atom is 0.335 e. The molecule has 1 aromatic heterocycles. The molecule has 1 aliphatic heterocycles. The first-order valence-electron chi connectivity index (χ1n) is 10.1. The SMILES string of the molecule is Cc1cc(C)cc(N2C(=O)NC(=O)/C(=C/c3cc(C)n(-c4ccc(Br)cc4)c3C)C2=O)c1. The molecule has 2 heterocycles. The highest BCUT2D eigenvalue weighted by Gasteiger charge is 2.37. The predicted molar refractivity (Wildman–Crippen MR) is 128 cm³/mol. The van der Waals surface area contributed by atoms with Crippen molar-refractivity contribution < 1.29 is 14.4 Å². The lowest BCUT2D eigenvalue weighted by atomic mass is 10.1. The average molecular weight is 492 g/mol. The van der Waals surface area contributed by atoms with E-state index in [1.165, 1.54) is 0 Å². The fraction of sp³-hybridized carbons (Fsp3) is 0.160. The molecule has 0 aliphatic carbocycles. The van der Waals surface area contributed by atoms with Crippen molar-refractivity contribution in [2.45, 2.75) is 27.7 Å². The van der Waals surface area contributed by atoms with E-state index in [2.05, 4.69) is 25.8 Å². The maximum absolute atomic E-state index is 13.2. The number of carbonyl (C=O) groups is 3. The number of benzene rings is 2. The second kappa shape index (κ2) is 8.24. The third-order valence-corrected chi connectivity index (χ3v) is 5.95. The normalized spacial score (nSPS) is 15.5. The van der Waals surface area contributed by atoms with Crippen LogP contribution in [0.4, 0.5) is 10.5 Å². The molecule has 6 nitrogen and oxygen atoms in total. The minimum atomic E-state index is -0.748. The van der Waals surface area contributed by atoms with Crippen LogP contribution in [0.3, 0.4) is 0 Å². The molecule has 3 aromatic rings. The second-order valence-corrected chi connectivity index (χ2v) is 8.86. The highest BCUT2D eigenvalue weighted by molar-refractivity contribution is 9.10. The number of nitrogens with one attached hydrogen (secondary N) is 1. The average Bonchev–Trinajstić information content (AvgIpc) is 2.98. The van der Waals surface area contributed by atoms with Crippen LogP contribution in [0.2, 0.25) is 0 Å². The molecule has 1 fully saturated rings. The van der Waals surface area contributed by atoms with Gasteiger partial charge in [0, 0.05) is 21.5 Å². The summed E-state index contributed by atoms with van der Waals surface area (Å²) < 4.78 is 3.03. The van der Waals surface area contributed by atoms with Gasteiger partial charge in [0.05, 0.1) is 5.69 Å². The number of carbonyl (C=O) groups excluding carboxylic acids is 3. The van der Waals surface area contributed by atoms with E-state index < -0.39 is 17.8 Å². The Labute approximate surface area is 194 Å². The van der Waals surface area contributed by atoms with Gasteiger partial charge < -0.3 is 4.57 Å². The fourth-order valence-electron chi connectivity index (χ4n) is 4.05. The molecule has 0 spiro atoms. The molecule has 162 valence electrons. The summed E-state index contributed by atoms with van der Waals surface area (Å²) in [4.78, 5) is 39.4. The number of hydrogen-bond donors (Lipinski definition) is 1. The van der Waals surface area contributed by atoms with Crippen LogP contribution in [0, 0.1) is 27.7 Å². The first-order valence-corrected chi connectivity index (χ1v) is 10.9. The van der Waals surface area contributed by atoms with E-state index in [0.717, 1.165) is 43.1 Å². The van der Waals surface area contributed by atoms with Crippen molar-refractivity contribution in [1.29, 1.82) is 0 Å². The number of hydrogen-bond acceptors (Lipinski definition) is 3. The summed E-state index contributed by atoms with van der Waals surface area (Å²) in [7, 11) is 0. The van der Waals surface area contributed by atoms with Crippen molar-refractivity contribution in [1.82, 2.24) is 9.88 Å². The molecule has 1 aliphatic rings. The number of rotatable bonds is 3. The largest absolute Gasteiger partial charge is 0.335 e. The van der Waals surface area contributed by atoms with Crippen LogP contribution in [0.1, 0.15) is 28.1 Å². The number of urea groups is 1. The number of aryl methyl sites for hydroxylation is 3. The molecule has 1 N–H and O–H groups in total. The number of amides is 4. The van der Waals surface area contributed by atoms with Gasteiger partial charge >= 0.3 is 6.03 Å². The Kier molecular flexibility index (Phi) is 5.60. The molecule has 0 saturated carbocycles. The minimum Gasteiger partial charge on any atom is -0.318 e. The van der Waals surface area contributed by atoms with E-state index >= 15 is 0 Å². The first-order chi connectivity index (χ1) is 15.2. The van der Waals surface area contributed by atoms with E-state index in [1.807, 2.05) is 64.1 Å². The number of imide groups is 2. The van der Waals surface area contributed by atoms with Crippen LogP contribution < -0.4 is 10.2 Å². The summed E-state index contributed by atoms with van der Waals surface area (Å²) in [5.41, 5.74) is 5.74. The third kappa shape index (κ3) is 3.91. The smallest absolute Gasteiger partial charge is 0.318 e. The van der Waals surface area contributed by atoms with Crippen molar-refractivity contribution in [2.75, 3.05) is 4.90 Å². The van der Waals surface area contributed by atoms with Crippen LogP contribution in [0.15, 0.2) is 58.6 Å². The van der Waals surface area contributed by atoms with Gasteiger partial charge in [-0.05, 0) is 92.9 Å². The lowest BCUT2D eigenvalue weighted by molar-refractivity contribution is -0.122. The van der Waals surface area contributed by atoms with Gasteiger partial charge in [-0.15, -0.1) is 0 Å². The highest BCUT2D eigenvalue weighted by Crippen LogP contribution is 2.27. The maximum atomic E-state index is 13.2. The molecule has 2 aromatic carbocycles. The van der Waals surface area contributed by atoms with Crippen LogP contribution in [0.5, 0.6) is 0 Å². The Bertz CT molecular complexity index is 1280. The van der Waals surface area contributed by atoms with Gasteiger partial charge in [-0.25, -0.2) is 9.69 Å². The monoisotopic (exact) mass is 491 g/mol. The molecule has 7 heteroatoms. The lowest BCUT2D eigenvalue weighted by Gasteiger charge is -2.27. The van der Waals surface area contributed by atoms with E-state index in [-0.39, 0.29) is 5.57 Å².